The Morgan fingerprint density at radius 2 is 2.40 bits per heavy atom. The molecule has 3 heterocycles. The van der Waals surface area contributed by atoms with Gasteiger partial charge in [-0.1, -0.05) is 13.8 Å². The SMILES string of the molecule is CC(C)c1cnc(CN2CCC[C@H](c3ccn[nH]3)C2)o1. The number of piperidine rings is 1. The first-order chi connectivity index (χ1) is 9.72. The van der Waals surface area contributed by atoms with E-state index >= 15 is 0 Å². The summed E-state index contributed by atoms with van der Waals surface area (Å²) in [7, 11) is 0. The maximum atomic E-state index is 5.80. The highest BCUT2D eigenvalue weighted by molar-refractivity contribution is 5.07. The monoisotopic (exact) mass is 274 g/mol. The molecule has 1 N–H and O–H groups in total. The number of H-pyrrole nitrogens is 1. The van der Waals surface area contributed by atoms with Gasteiger partial charge in [0.2, 0.25) is 5.89 Å². The number of aromatic nitrogens is 3. The summed E-state index contributed by atoms with van der Waals surface area (Å²) in [5.41, 5.74) is 1.24. The summed E-state index contributed by atoms with van der Waals surface area (Å²) < 4.78 is 5.80. The van der Waals surface area contributed by atoms with E-state index in [-0.39, 0.29) is 0 Å². The Kier molecular flexibility index (Phi) is 3.87. The fourth-order valence-electron chi connectivity index (χ4n) is 2.80. The average molecular weight is 274 g/mol. The zero-order valence-electron chi connectivity index (χ0n) is 12.2. The minimum Gasteiger partial charge on any atom is -0.444 e. The molecule has 1 saturated heterocycles. The summed E-state index contributed by atoms with van der Waals surface area (Å²) >= 11 is 0. The topological polar surface area (TPSA) is 58.0 Å². The largest absolute Gasteiger partial charge is 0.444 e. The Labute approximate surface area is 119 Å². The van der Waals surface area contributed by atoms with Gasteiger partial charge in [0.1, 0.15) is 5.76 Å². The molecule has 20 heavy (non-hydrogen) atoms. The highest BCUT2D eigenvalue weighted by atomic mass is 16.4. The highest BCUT2D eigenvalue weighted by Crippen LogP contribution is 2.26. The van der Waals surface area contributed by atoms with Gasteiger partial charge in [0.05, 0.1) is 12.7 Å². The number of likely N-dealkylation sites (tertiary alicyclic amines) is 1. The first-order valence-electron chi connectivity index (χ1n) is 7.38. The van der Waals surface area contributed by atoms with Gasteiger partial charge in [0.15, 0.2) is 0 Å². The minimum absolute atomic E-state index is 0.398. The molecule has 1 aliphatic heterocycles. The van der Waals surface area contributed by atoms with E-state index < -0.39 is 0 Å². The van der Waals surface area contributed by atoms with Crippen LogP contribution in [0.25, 0.3) is 0 Å². The molecular weight excluding hydrogens is 252 g/mol. The first kappa shape index (κ1) is 13.4. The Morgan fingerprint density at radius 1 is 1.50 bits per heavy atom. The number of rotatable bonds is 4. The van der Waals surface area contributed by atoms with E-state index in [0.29, 0.717) is 11.8 Å². The van der Waals surface area contributed by atoms with Gasteiger partial charge < -0.3 is 4.42 Å². The molecule has 5 heteroatoms. The third-order valence-electron chi connectivity index (χ3n) is 3.97. The molecule has 1 aliphatic rings. The molecule has 3 rings (SSSR count). The summed E-state index contributed by atoms with van der Waals surface area (Å²) in [6.07, 6.45) is 6.12. The molecule has 0 amide bonds. The lowest BCUT2D eigenvalue weighted by Crippen LogP contribution is -2.34. The van der Waals surface area contributed by atoms with Gasteiger partial charge in [-0.05, 0) is 25.5 Å². The molecule has 0 radical (unpaired) electrons. The quantitative estimate of drug-likeness (QED) is 0.931. The van der Waals surface area contributed by atoms with E-state index in [2.05, 4.69) is 40.0 Å². The lowest BCUT2D eigenvalue weighted by atomic mass is 9.95. The molecule has 1 fully saturated rings. The summed E-state index contributed by atoms with van der Waals surface area (Å²) in [5.74, 6) is 2.75. The van der Waals surface area contributed by atoms with Crippen LogP contribution in [0.1, 0.15) is 55.9 Å². The summed E-state index contributed by atoms with van der Waals surface area (Å²) in [6.45, 7) is 7.21. The van der Waals surface area contributed by atoms with Gasteiger partial charge in [-0.2, -0.15) is 5.10 Å². The average Bonchev–Trinajstić information content (AvgIpc) is 3.10. The Hall–Kier alpha value is -1.62. The molecule has 2 aromatic rings. The van der Waals surface area contributed by atoms with Crippen LogP contribution in [-0.2, 0) is 6.54 Å². The summed E-state index contributed by atoms with van der Waals surface area (Å²) in [5, 5.41) is 7.15. The van der Waals surface area contributed by atoms with E-state index in [9.17, 15) is 0 Å². The lowest BCUT2D eigenvalue weighted by molar-refractivity contribution is 0.180. The van der Waals surface area contributed by atoms with Crippen LogP contribution < -0.4 is 0 Å². The van der Waals surface area contributed by atoms with E-state index in [4.69, 9.17) is 4.42 Å². The van der Waals surface area contributed by atoms with Crippen molar-refractivity contribution in [2.75, 3.05) is 13.1 Å². The van der Waals surface area contributed by atoms with Crippen LogP contribution in [0, 0.1) is 0 Å². The molecule has 0 spiro atoms. The molecule has 0 unspecified atom stereocenters. The van der Waals surface area contributed by atoms with Crippen molar-refractivity contribution in [3.63, 3.8) is 0 Å². The number of nitrogens with zero attached hydrogens (tertiary/aromatic N) is 3. The molecule has 0 bridgehead atoms. The number of hydrogen-bond donors (Lipinski definition) is 1. The van der Waals surface area contributed by atoms with Gasteiger partial charge in [0, 0.05) is 30.3 Å². The Morgan fingerprint density at radius 3 is 3.10 bits per heavy atom. The molecule has 5 nitrogen and oxygen atoms in total. The first-order valence-corrected chi connectivity index (χ1v) is 7.38. The van der Waals surface area contributed by atoms with Crippen LogP contribution >= 0.6 is 0 Å². The lowest BCUT2D eigenvalue weighted by Gasteiger charge is -2.31. The van der Waals surface area contributed by atoms with Crippen molar-refractivity contribution in [2.45, 2.75) is 45.1 Å². The van der Waals surface area contributed by atoms with Crippen molar-refractivity contribution in [1.82, 2.24) is 20.1 Å². The van der Waals surface area contributed by atoms with Crippen molar-refractivity contribution in [3.05, 3.63) is 35.8 Å². The van der Waals surface area contributed by atoms with E-state index in [1.165, 1.54) is 18.5 Å². The number of aromatic amines is 1. The fourth-order valence-corrected chi connectivity index (χ4v) is 2.80. The van der Waals surface area contributed by atoms with Crippen molar-refractivity contribution in [2.24, 2.45) is 0 Å². The van der Waals surface area contributed by atoms with Crippen LogP contribution in [0.3, 0.4) is 0 Å². The predicted octanol–water partition coefficient (Wildman–Crippen LogP) is 2.90. The van der Waals surface area contributed by atoms with Crippen LogP contribution in [0.4, 0.5) is 0 Å². The fraction of sp³-hybridized carbons (Fsp3) is 0.600. The molecule has 1 atom stereocenters. The number of nitrogens with one attached hydrogen (secondary N) is 1. The van der Waals surface area contributed by atoms with Crippen LogP contribution in [0.15, 0.2) is 22.9 Å². The van der Waals surface area contributed by atoms with Crippen molar-refractivity contribution in [3.8, 4) is 0 Å². The minimum atomic E-state index is 0.398. The Bertz CT molecular complexity index is 532. The van der Waals surface area contributed by atoms with E-state index in [0.717, 1.165) is 31.3 Å². The molecule has 0 aromatic carbocycles. The number of hydrogen-bond acceptors (Lipinski definition) is 4. The summed E-state index contributed by atoms with van der Waals surface area (Å²) in [4.78, 5) is 6.81. The normalized spacial score (nSPS) is 20.6. The molecule has 0 saturated carbocycles. The van der Waals surface area contributed by atoms with E-state index in [1.54, 1.807) is 0 Å². The van der Waals surface area contributed by atoms with Crippen LogP contribution in [0.5, 0.6) is 0 Å². The third kappa shape index (κ3) is 2.93. The van der Waals surface area contributed by atoms with Crippen LogP contribution in [0.2, 0.25) is 0 Å². The smallest absolute Gasteiger partial charge is 0.208 e. The molecule has 2 aromatic heterocycles. The molecular formula is C15H22N4O. The standard InChI is InChI=1S/C15H22N4O/c1-11(2)14-8-16-15(20-14)10-19-7-3-4-12(9-19)13-5-6-17-18-13/h5-6,8,11-12H,3-4,7,9-10H2,1-2H3,(H,17,18)/t12-/m0/s1. The second kappa shape index (κ2) is 5.79. The van der Waals surface area contributed by atoms with Gasteiger partial charge >= 0.3 is 0 Å². The second-order valence-corrected chi connectivity index (χ2v) is 5.90. The predicted molar refractivity (Wildman–Crippen MR) is 76.4 cm³/mol. The van der Waals surface area contributed by atoms with Gasteiger partial charge in [0.25, 0.3) is 0 Å². The van der Waals surface area contributed by atoms with Crippen LogP contribution in [-0.4, -0.2) is 33.2 Å². The van der Waals surface area contributed by atoms with Crippen molar-refractivity contribution >= 4 is 0 Å². The van der Waals surface area contributed by atoms with Gasteiger partial charge in [-0.15, -0.1) is 0 Å². The van der Waals surface area contributed by atoms with Gasteiger partial charge in [-0.3, -0.25) is 10.00 Å². The maximum Gasteiger partial charge on any atom is 0.208 e. The highest BCUT2D eigenvalue weighted by Gasteiger charge is 2.23. The summed E-state index contributed by atoms with van der Waals surface area (Å²) in [6, 6.07) is 2.08. The number of oxazole rings is 1. The third-order valence-corrected chi connectivity index (χ3v) is 3.97. The molecule has 0 aliphatic carbocycles. The zero-order chi connectivity index (χ0) is 13.9. The second-order valence-electron chi connectivity index (χ2n) is 5.90. The molecule has 108 valence electrons. The van der Waals surface area contributed by atoms with Gasteiger partial charge in [-0.25, -0.2) is 4.98 Å². The Balaban J connectivity index is 1.62. The van der Waals surface area contributed by atoms with Crippen molar-refractivity contribution in [1.29, 1.82) is 0 Å². The van der Waals surface area contributed by atoms with Crippen molar-refractivity contribution < 1.29 is 4.42 Å². The van der Waals surface area contributed by atoms with E-state index in [1.807, 2.05) is 12.4 Å². The maximum absolute atomic E-state index is 5.80. The zero-order valence-corrected chi connectivity index (χ0v) is 12.2.